The lowest BCUT2D eigenvalue weighted by Crippen LogP contribution is -2.41. The summed E-state index contributed by atoms with van der Waals surface area (Å²) in [6.45, 7) is 0.388. The Kier molecular flexibility index (Phi) is 4.37. The predicted molar refractivity (Wildman–Crippen MR) is 71.3 cm³/mol. The van der Waals surface area contributed by atoms with Crippen molar-refractivity contribution in [3.05, 3.63) is 30.3 Å². The predicted octanol–water partition coefficient (Wildman–Crippen LogP) is 2.89. The van der Waals surface area contributed by atoms with E-state index in [1.807, 2.05) is 18.2 Å². The number of nitrogens with two attached hydrogens (primary N) is 1. The van der Waals surface area contributed by atoms with E-state index in [2.05, 4.69) is 0 Å². The van der Waals surface area contributed by atoms with Crippen LogP contribution in [0.5, 0.6) is 5.75 Å². The van der Waals surface area contributed by atoms with E-state index in [1.54, 1.807) is 12.1 Å². The Morgan fingerprint density at radius 2 is 1.72 bits per heavy atom. The summed E-state index contributed by atoms with van der Waals surface area (Å²) in [5.41, 5.74) is 5.40. The normalized spacial score (nSPS) is 18.9. The molecule has 1 fully saturated rings. The van der Waals surface area contributed by atoms with Gasteiger partial charge in [-0.05, 0) is 25.0 Å². The first-order chi connectivity index (χ1) is 8.77. The van der Waals surface area contributed by atoms with Gasteiger partial charge >= 0.3 is 5.97 Å². The quantitative estimate of drug-likeness (QED) is 0.507. The van der Waals surface area contributed by atoms with Crippen molar-refractivity contribution < 1.29 is 9.53 Å². The first-order valence-electron chi connectivity index (χ1n) is 6.74. The Morgan fingerprint density at radius 1 is 1.11 bits per heavy atom. The molecule has 3 heteroatoms. The van der Waals surface area contributed by atoms with E-state index in [0.29, 0.717) is 12.3 Å². The van der Waals surface area contributed by atoms with Crippen LogP contribution in [0, 0.1) is 5.41 Å². The average Bonchev–Trinajstić information content (AvgIpc) is 2.66. The first kappa shape index (κ1) is 13.1. The lowest BCUT2D eigenvalue weighted by Gasteiger charge is -2.28. The summed E-state index contributed by atoms with van der Waals surface area (Å²) >= 11 is 0. The number of hydrogen-bond donors (Lipinski definition) is 1. The third-order valence-electron chi connectivity index (χ3n) is 3.84. The highest BCUT2D eigenvalue weighted by molar-refractivity contribution is 5.79. The van der Waals surface area contributed by atoms with Gasteiger partial charge in [-0.1, -0.05) is 43.9 Å². The van der Waals surface area contributed by atoms with E-state index in [1.165, 1.54) is 12.8 Å². The van der Waals surface area contributed by atoms with Crippen LogP contribution < -0.4 is 10.5 Å². The molecule has 0 unspecified atom stereocenters. The van der Waals surface area contributed by atoms with Crippen molar-refractivity contribution in [2.75, 3.05) is 6.54 Å². The second kappa shape index (κ2) is 6.01. The maximum absolute atomic E-state index is 12.4. The monoisotopic (exact) mass is 247 g/mol. The summed E-state index contributed by atoms with van der Waals surface area (Å²) in [6, 6.07) is 9.25. The van der Waals surface area contributed by atoms with Gasteiger partial charge in [0.05, 0.1) is 5.41 Å². The Bertz CT molecular complexity index is 381. The minimum absolute atomic E-state index is 0.155. The molecule has 0 aliphatic heterocycles. The Labute approximate surface area is 108 Å². The van der Waals surface area contributed by atoms with Gasteiger partial charge in [0.15, 0.2) is 0 Å². The van der Waals surface area contributed by atoms with Crippen molar-refractivity contribution in [3.8, 4) is 5.75 Å². The van der Waals surface area contributed by atoms with Crippen LogP contribution in [-0.4, -0.2) is 12.5 Å². The molecule has 1 aliphatic carbocycles. The van der Waals surface area contributed by atoms with Gasteiger partial charge in [0, 0.05) is 6.54 Å². The van der Waals surface area contributed by atoms with Gasteiger partial charge in [0.2, 0.25) is 0 Å². The molecule has 3 nitrogen and oxygen atoms in total. The molecule has 0 radical (unpaired) electrons. The van der Waals surface area contributed by atoms with Gasteiger partial charge in [-0.3, -0.25) is 4.79 Å². The van der Waals surface area contributed by atoms with Crippen molar-refractivity contribution in [1.82, 2.24) is 0 Å². The number of ether oxygens (including phenoxy) is 1. The van der Waals surface area contributed by atoms with Crippen molar-refractivity contribution in [2.45, 2.75) is 38.5 Å². The lowest BCUT2D eigenvalue weighted by atomic mass is 9.80. The third-order valence-corrected chi connectivity index (χ3v) is 3.84. The summed E-state index contributed by atoms with van der Waals surface area (Å²) < 4.78 is 5.48. The number of carbonyl (C=O) groups excluding carboxylic acids is 1. The number of para-hydroxylation sites is 1. The molecular weight excluding hydrogens is 226 g/mol. The van der Waals surface area contributed by atoms with E-state index >= 15 is 0 Å². The SMILES string of the molecule is NCC1(C(=O)Oc2ccccc2)CCCCCC1. The molecule has 1 aromatic rings. The van der Waals surface area contributed by atoms with Crippen LogP contribution in [0.1, 0.15) is 38.5 Å². The molecule has 18 heavy (non-hydrogen) atoms. The zero-order valence-electron chi connectivity index (χ0n) is 10.7. The highest BCUT2D eigenvalue weighted by atomic mass is 16.5. The highest BCUT2D eigenvalue weighted by Gasteiger charge is 2.39. The fraction of sp³-hybridized carbons (Fsp3) is 0.533. The van der Waals surface area contributed by atoms with Crippen LogP contribution in [0.25, 0.3) is 0 Å². The molecule has 0 aromatic heterocycles. The number of esters is 1. The van der Waals surface area contributed by atoms with Gasteiger partial charge in [-0.2, -0.15) is 0 Å². The molecule has 0 amide bonds. The Balaban J connectivity index is 2.09. The van der Waals surface area contributed by atoms with Crippen LogP contribution in [0.2, 0.25) is 0 Å². The van der Waals surface area contributed by atoms with E-state index in [0.717, 1.165) is 25.7 Å². The summed E-state index contributed by atoms with van der Waals surface area (Å²) in [5.74, 6) is 0.456. The number of benzene rings is 1. The minimum Gasteiger partial charge on any atom is -0.426 e. The van der Waals surface area contributed by atoms with Crippen LogP contribution in [0.3, 0.4) is 0 Å². The van der Waals surface area contributed by atoms with Gasteiger partial charge in [-0.25, -0.2) is 0 Å². The summed E-state index contributed by atoms with van der Waals surface area (Å²) in [4.78, 5) is 12.4. The number of hydrogen-bond acceptors (Lipinski definition) is 3. The molecule has 98 valence electrons. The van der Waals surface area contributed by atoms with Crippen LogP contribution in [0.4, 0.5) is 0 Å². The maximum Gasteiger partial charge on any atom is 0.318 e. The molecule has 0 atom stereocenters. The fourth-order valence-corrected chi connectivity index (χ4v) is 2.60. The minimum atomic E-state index is -0.466. The van der Waals surface area contributed by atoms with E-state index in [9.17, 15) is 4.79 Å². The summed E-state index contributed by atoms with van der Waals surface area (Å²) in [6.07, 6.45) is 6.24. The topological polar surface area (TPSA) is 52.3 Å². The molecule has 2 N–H and O–H groups in total. The van der Waals surface area contributed by atoms with Gasteiger partial charge < -0.3 is 10.5 Å². The first-order valence-corrected chi connectivity index (χ1v) is 6.74. The van der Waals surface area contributed by atoms with Crippen molar-refractivity contribution in [1.29, 1.82) is 0 Å². The molecule has 1 aliphatic rings. The molecule has 0 bridgehead atoms. The van der Waals surface area contributed by atoms with Gasteiger partial charge in [-0.15, -0.1) is 0 Å². The lowest BCUT2D eigenvalue weighted by molar-refractivity contribution is -0.146. The standard InChI is InChI=1S/C15H21NO2/c16-12-15(10-6-1-2-7-11-15)14(17)18-13-8-4-3-5-9-13/h3-5,8-9H,1-2,6-7,10-12,16H2. The third kappa shape index (κ3) is 2.91. The molecule has 0 heterocycles. The van der Waals surface area contributed by atoms with Crippen LogP contribution in [-0.2, 0) is 4.79 Å². The molecule has 1 aromatic carbocycles. The highest BCUT2D eigenvalue weighted by Crippen LogP contribution is 2.35. The van der Waals surface area contributed by atoms with E-state index in [4.69, 9.17) is 10.5 Å². The van der Waals surface area contributed by atoms with Gasteiger partial charge in [0.25, 0.3) is 0 Å². The molecular formula is C15H21NO2. The zero-order valence-corrected chi connectivity index (χ0v) is 10.7. The van der Waals surface area contributed by atoms with E-state index in [-0.39, 0.29) is 5.97 Å². The molecule has 0 spiro atoms. The average molecular weight is 247 g/mol. The van der Waals surface area contributed by atoms with Crippen molar-refractivity contribution in [3.63, 3.8) is 0 Å². The zero-order chi connectivity index (χ0) is 12.8. The number of rotatable bonds is 3. The van der Waals surface area contributed by atoms with Crippen LogP contribution >= 0.6 is 0 Å². The van der Waals surface area contributed by atoms with E-state index < -0.39 is 5.41 Å². The number of carbonyl (C=O) groups is 1. The molecule has 2 rings (SSSR count). The summed E-state index contributed by atoms with van der Waals surface area (Å²) in [7, 11) is 0. The molecule has 0 saturated heterocycles. The second-order valence-corrected chi connectivity index (χ2v) is 5.10. The Morgan fingerprint density at radius 3 is 2.28 bits per heavy atom. The van der Waals surface area contributed by atoms with Crippen molar-refractivity contribution in [2.24, 2.45) is 11.1 Å². The Hall–Kier alpha value is -1.35. The van der Waals surface area contributed by atoms with Gasteiger partial charge in [0.1, 0.15) is 5.75 Å². The smallest absolute Gasteiger partial charge is 0.318 e. The van der Waals surface area contributed by atoms with Crippen LogP contribution in [0.15, 0.2) is 30.3 Å². The largest absolute Gasteiger partial charge is 0.426 e. The molecule has 1 saturated carbocycles. The second-order valence-electron chi connectivity index (χ2n) is 5.10. The maximum atomic E-state index is 12.4. The summed E-state index contributed by atoms with van der Waals surface area (Å²) in [5, 5.41) is 0. The van der Waals surface area contributed by atoms with Crippen molar-refractivity contribution >= 4 is 5.97 Å². The fourth-order valence-electron chi connectivity index (χ4n) is 2.60.